The molecule has 5 nitrogen and oxygen atoms in total. The molecule has 5 heteroatoms. The quantitative estimate of drug-likeness (QED) is 0.663. The van der Waals surface area contributed by atoms with E-state index in [2.05, 4.69) is 15.5 Å². The molecule has 0 unspecified atom stereocenters. The van der Waals surface area contributed by atoms with Gasteiger partial charge in [-0.05, 0) is 47.5 Å². The minimum atomic E-state index is -0.673. The lowest BCUT2D eigenvalue weighted by Crippen LogP contribution is -2.49. The van der Waals surface area contributed by atoms with Crippen molar-refractivity contribution in [3.8, 4) is 0 Å². The van der Waals surface area contributed by atoms with Crippen LogP contribution in [0, 0.1) is 0 Å². The molecule has 1 N–H and O–H groups in total. The molecule has 0 aromatic heterocycles. The Hall–Kier alpha value is -1.13. The van der Waals surface area contributed by atoms with Crippen LogP contribution >= 0.6 is 0 Å². The molecule has 1 aliphatic rings. The molecule has 0 atom stereocenters. The smallest absolute Gasteiger partial charge is 0.319 e. The number of nitrogens with zero attached hydrogens (tertiary/aromatic N) is 3. The van der Waals surface area contributed by atoms with Gasteiger partial charge in [-0.2, -0.15) is 10.2 Å². The Morgan fingerprint density at radius 2 is 1.17 bits per heavy atom. The molecule has 0 saturated carbocycles. The number of azo groups is 1. The first-order chi connectivity index (χ1) is 11.2. The maximum Gasteiger partial charge on any atom is 0.319 e. The number of carbonyl (C=O) groups is 1. The molecule has 24 heavy (non-hydrogen) atoms. The fraction of sp³-hybridized carbons (Fsp3) is 0.947. The van der Waals surface area contributed by atoms with Crippen molar-refractivity contribution in [2.45, 2.75) is 104 Å². The van der Waals surface area contributed by atoms with E-state index in [0.717, 1.165) is 25.9 Å². The van der Waals surface area contributed by atoms with Crippen LogP contribution in [-0.2, 0) is 0 Å². The van der Waals surface area contributed by atoms with Crippen LogP contribution in [0.3, 0.4) is 0 Å². The summed E-state index contributed by atoms with van der Waals surface area (Å²) in [5.41, 5.74) is -0.899. The molecule has 1 aliphatic heterocycles. The molecule has 2 amide bonds. The van der Waals surface area contributed by atoms with Gasteiger partial charge in [0.15, 0.2) is 0 Å². The third kappa shape index (κ3) is 9.89. The average Bonchev–Trinajstić information content (AvgIpc) is 2.45. The topological polar surface area (TPSA) is 57.1 Å². The van der Waals surface area contributed by atoms with Crippen LogP contribution in [0.1, 0.15) is 92.4 Å². The first-order valence-corrected chi connectivity index (χ1v) is 9.71. The molecule has 0 radical (unpaired) electrons. The molecule has 0 aromatic rings. The lowest BCUT2D eigenvalue weighted by Gasteiger charge is -2.29. The Kier molecular flexibility index (Phi) is 8.71. The molecule has 0 spiro atoms. The van der Waals surface area contributed by atoms with Gasteiger partial charge in [-0.3, -0.25) is 0 Å². The van der Waals surface area contributed by atoms with E-state index in [-0.39, 0.29) is 11.6 Å². The van der Waals surface area contributed by atoms with Gasteiger partial charge in [0.2, 0.25) is 0 Å². The maximum absolute atomic E-state index is 12.7. The van der Waals surface area contributed by atoms with Gasteiger partial charge in [0, 0.05) is 13.1 Å². The predicted molar refractivity (Wildman–Crippen MR) is 100 cm³/mol. The van der Waals surface area contributed by atoms with Gasteiger partial charge in [0.25, 0.3) is 0 Å². The van der Waals surface area contributed by atoms with E-state index in [1.807, 2.05) is 39.5 Å². The van der Waals surface area contributed by atoms with Gasteiger partial charge < -0.3 is 10.2 Å². The molecule has 0 aromatic carbocycles. The van der Waals surface area contributed by atoms with Gasteiger partial charge in [0.05, 0.1) is 5.54 Å². The summed E-state index contributed by atoms with van der Waals surface area (Å²) < 4.78 is 0. The first kappa shape index (κ1) is 20.9. The van der Waals surface area contributed by atoms with E-state index < -0.39 is 5.66 Å². The first-order valence-electron chi connectivity index (χ1n) is 9.71. The van der Waals surface area contributed by atoms with E-state index >= 15 is 0 Å². The molecule has 0 aliphatic carbocycles. The summed E-state index contributed by atoms with van der Waals surface area (Å²) in [6.07, 6.45) is 11.3. The summed E-state index contributed by atoms with van der Waals surface area (Å²) in [6.45, 7) is 11.5. The third-order valence-electron chi connectivity index (χ3n) is 4.16. The summed E-state index contributed by atoms with van der Waals surface area (Å²) in [7, 11) is 0. The van der Waals surface area contributed by atoms with Gasteiger partial charge in [-0.1, -0.05) is 44.9 Å². The summed E-state index contributed by atoms with van der Waals surface area (Å²) in [5, 5.41) is 11.7. The minimum absolute atomic E-state index is 0.00933. The van der Waals surface area contributed by atoms with Crippen molar-refractivity contribution in [1.29, 1.82) is 0 Å². The Bertz CT molecular complexity index is 387. The number of hydrogen-bond acceptors (Lipinski definition) is 3. The van der Waals surface area contributed by atoms with Crippen molar-refractivity contribution in [2.75, 3.05) is 13.1 Å². The van der Waals surface area contributed by atoms with Gasteiger partial charge in [-0.15, -0.1) is 0 Å². The zero-order chi connectivity index (χ0) is 18.1. The number of nitrogens with one attached hydrogen (secondary N) is 1. The van der Waals surface area contributed by atoms with Crippen molar-refractivity contribution in [2.24, 2.45) is 10.2 Å². The second kappa shape index (κ2) is 10.00. The fourth-order valence-corrected chi connectivity index (χ4v) is 2.80. The predicted octanol–water partition coefficient (Wildman–Crippen LogP) is 5.51. The van der Waals surface area contributed by atoms with Crippen LogP contribution in [0.4, 0.5) is 4.79 Å². The zero-order valence-electron chi connectivity index (χ0n) is 16.5. The van der Waals surface area contributed by atoms with Gasteiger partial charge in [0.1, 0.15) is 5.66 Å². The van der Waals surface area contributed by atoms with Crippen molar-refractivity contribution in [1.82, 2.24) is 10.2 Å². The molecule has 1 rings (SSSR count). The summed E-state index contributed by atoms with van der Waals surface area (Å²) >= 11 is 0. The number of urea groups is 1. The van der Waals surface area contributed by atoms with Crippen molar-refractivity contribution < 1.29 is 4.79 Å². The van der Waals surface area contributed by atoms with Crippen LogP contribution < -0.4 is 5.32 Å². The Morgan fingerprint density at radius 1 is 0.750 bits per heavy atom. The minimum Gasteiger partial charge on any atom is -0.325 e. The highest BCUT2D eigenvalue weighted by Gasteiger charge is 2.24. The van der Waals surface area contributed by atoms with E-state index in [4.69, 9.17) is 0 Å². The monoisotopic (exact) mass is 338 g/mol. The van der Waals surface area contributed by atoms with Crippen molar-refractivity contribution in [3.63, 3.8) is 0 Å². The van der Waals surface area contributed by atoms with Crippen molar-refractivity contribution in [3.05, 3.63) is 0 Å². The number of amides is 2. The molecular weight excluding hydrogens is 300 g/mol. The second-order valence-corrected chi connectivity index (χ2v) is 8.53. The molecule has 0 bridgehead atoms. The molecule has 140 valence electrons. The lowest BCUT2D eigenvalue weighted by atomic mass is 10.1. The van der Waals surface area contributed by atoms with E-state index in [1.54, 1.807) is 0 Å². The van der Waals surface area contributed by atoms with Gasteiger partial charge in [-0.25, -0.2) is 4.79 Å². The SMILES string of the molecule is CC(C)(C)N=NC(C)(C)NC(=O)N1CCCCCCCCCCC1. The van der Waals surface area contributed by atoms with Crippen LogP contribution in [0.2, 0.25) is 0 Å². The Morgan fingerprint density at radius 3 is 1.58 bits per heavy atom. The highest BCUT2D eigenvalue weighted by molar-refractivity contribution is 5.74. The van der Waals surface area contributed by atoms with Crippen LogP contribution in [0.25, 0.3) is 0 Å². The van der Waals surface area contributed by atoms with Gasteiger partial charge >= 0.3 is 6.03 Å². The standard InChI is InChI=1S/C19H38N4O/c1-18(2,3)21-22-19(4,5)20-17(24)23-15-13-11-9-7-6-8-10-12-14-16-23/h6-16H2,1-5H3,(H,20,24). The van der Waals surface area contributed by atoms with Crippen molar-refractivity contribution >= 4 is 6.03 Å². The number of hydrogen-bond donors (Lipinski definition) is 1. The molecule has 1 heterocycles. The highest BCUT2D eigenvalue weighted by Crippen LogP contribution is 2.15. The molecule has 1 fully saturated rings. The average molecular weight is 339 g/mol. The number of rotatable bonds is 2. The molecule has 1 saturated heterocycles. The third-order valence-corrected chi connectivity index (χ3v) is 4.16. The lowest BCUT2D eigenvalue weighted by molar-refractivity contribution is 0.183. The largest absolute Gasteiger partial charge is 0.325 e. The Balaban J connectivity index is 2.58. The normalized spacial score (nSPS) is 19.6. The fourth-order valence-electron chi connectivity index (χ4n) is 2.80. The van der Waals surface area contributed by atoms with E-state index in [0.29, 0.717) is 0 Å². The Labute approximate surface area is 148 Å². The maximum atomic E-state index is 12.7. The van der Waals surface area contributed by atoms with Crippen LogP contribution in [0.5, 0.6) is 0 Å². The van der Waals surface area contributed by atoms with Crippen LogP contribution in [0.15, 0.2) is 10.2 Å². The molecular formula is C19H38N4O. The summed E-state index contributed by atoms with van der Waals surface area (Å²) in [5.74, 6) is 0. The van der Waals surface area contributed by atoms with E-state index in [1.165, 1.54) is 44.9 Å². The zero-order valence-corrected chi connectivity index (χ0v) is 16.5. The summed E-state index contributed by atoms with van der Waals surface area (Å²) in [4.78, 5) is 14.6. The highest BCUT2D eigenvalue weighted by atomic mass is 16.2. The van der Waals surface area contributed by atoms with Crippen LogP contribution in [-0.4, -0.2) is 35.2 Å². The van der Waals surface area contributed by atoms with E-state index in [9.17, 15) is 4.79 Å². The second-order valence-electron chi connectivity index (χ2n) is 8.53. The summed E-state index contributed by atoms with van der Waals surface area (Å²) in [6, 6.07) is -0.00933. The number of carbonyl (C=O) groups excluding carboxylic acids is 1.